The minimum absolute atomic E-state index is 0.166. The van der Waals surface area contributed by atoms with Gasteiger partial charge in [-0.2, -0.15) is 17.5 Å². The molecular weight excluding hydrogens is 416 g/mol. The van der Waals surface area contributed by atoms with E-state index in [1.807, 2.05) is 0 Å². The van der Waals surface area contributed by atoms with E-state index >= 15 is 0 Å². The van der Waals surface area contributed by atoms with E-state index < -0.39 is 21.3 Å². The molecule has 1 aliphatic rings. The van der Waals surface area contributed by atoms with E-state index in [0.717, 1.165) is 0 Å². The molecule has 0 radical (unpaired) electrons. The van der Waals surface area contributed by atoms with E-state index in [4.69, 9.17) is 4.74 Å². The summed E-state index contributed by atoms with van der Waals surface area (Å²) >= 11 is 0. The minimum atomic E-state index is -5.30. The highest BCUT2D eigenvalue weighted by atomic mass is 32.2. The largest absolute Gasteiger partial charge is 0.511 e. The maximum absolute atomic E-state index is 13.9. The molecule has 0 bridgehead atoms. The van der Waals surface area contributed by atoms with Gasteiger partial charge in [-0.05, 0) is 37.5 Å². The van der Waals surface area contributed by atoms with Gasteiger partial charge in [0.25, 0.3) is 0 Å². The summed E-state index contributed by atoms with van der Waals surface area (Å²) in [4.78, 5) is 4.04. The van der Waals surface area contributed by atoms with Gasteiger partial charge in [-0.1, -0.05) is 6.07 Å². The number of nitrogens with one attached hydrogen (secondary N) is 2. The van der Waals surface area contributed by atoms with Crippen molar-refractivity contribution in [1.82, 2.24) is 14.9 Å². The fourth-order valence-corrected chi connectivity index (χ4v) is 3.87. The average Bonchev–Trinajstić information content (AvgIpc) is 2.66. The lowest BCUT2D eigenvalue weighted by molar-refractivity contribution is -0.0494. The van der Waals surface area contributed by atoms with E-state index in [2.05, 4.69) is 15.6 Å². The maximum atomic E-state index is 13.9. The summed E-state index contributed by atoms with van der Waals surface area (Å²) in [7, 11) is -3.78. The van der Waals surface area contributed by atoms with E-state index in [1.54, 1.807) is 13.0 Å². The Bertz CT molecular complexity index is 822. The summed E-state index contributed by atoms with van der Waals surface area (Å²) in [6.45, 7) is 1.91. The molecule has 0 saturated carbocycles. The van der Waals surface area contributed by atoms with Crippen LogP contribution in [0.2, 0.25) is 0 Å². The number of hydrogen-bond donors (Lipinski definition) is 2. The second-order valence-electron chi connectivity index (χ2n) is 6.39. The second-order valence-corrected chi connectivity index (χ2v) is 8.32. The molecule has 0 unspecified atom stereocenters. The third-order valence-corrected chi connectivity index (χ3v) is 6.04. The predicted molar refractivity (Wildman–Crippen MR) is 100 cm³/mol. The summed E-state index contributed by atoms with van der Waals surface area (Å²) in [6.07, 6.45) is 0.404. The molecule has 1 aromatic rings. The van der Waals surface area contributed by atoms with E-state index in [1.165, 1.54) is 19.2 Å². The van der Waals surface area contributed by atoms with Gasteiger partial charge in [-0.3, -0.25) is 4.99 Å². The van der Waals surface area contributed by atoms with Gasteiger partial charge in [0.2, 0.25) is 0 Å². The van der Waals surface area contributed by atoms with Crippen molar-refractivity contribution in [2.75, 3.05) is 26.7 Å². The van der Waals surface area contributed by atoms with Crippen LogP contribution in [0.1, 0.15) is 25.3 Å². The lowest BCUT2D eigenvalue weighted by Gasteiger charge is -2.32. The molecule has 1 aromatic carbocycles. The highest BCUT2D eigenvalue weighted by Crippen LogP contribution is 2.29. The second kappa shape index (κ2) is 9.61. The van der Waals surface area contributed by atoms with Gasteiger partial charge >= 0.3 is 15.5 Å². The van der Waals surface area contributed by atoms with Crippen LogP contribution in [0.15, 0.2) is 23.2 Å². The Kier molecular flexibility index (Phi) is 7.69. The minimum Gasteiger partial charge on any atom is -0.491 e. The van der Waals surface area contributed by atoms with Crippen LogP contribution in [0.4, 0.5) is 17.6 Å². The number of benzene rings is 1. The average molecular weight is 440 g/mol. The number of aliphatic imine (C=N–C) groups is 1. The molecule has 0 spiro atoms. The number of piperidine rings is 1. The predicted octanol–water partition coefficient (Wildman–Crippen LogP) is 2.20. The smallest absolute Gasteiger partial charge is 0.491 e. The Morgan fingerprint density at radius 1 is 1.31 bits per heavy atom. The van der Waals surface area contributed by atoms with Gasteiger partial charge in [-0.25, -0.2) is 12.8 Å². The quantitative estimate of drug-likeness (QED) is 0.403. The van der Waals surface area contributed by atoms with Crippen molar-refractivity contribution >= 4 is 16.0 Å². The van der Waals surface area contributed by atoms with Crippen LogP contribution in [0, 0.1) is 5.82 Å². The first-order valence-corrected chi connectivity index (χ1v) is 10.5. The van der Waals surface area contributed by atoms with Crippen molar-refractivity contribution in [2.24, 2.45) is 4.99 Å². The highest BCUT2D eigenvalue weighted by molar-refractivity contribution is 7.90. The van der Waals surface area contributed by atoms with Crippen LogP contribution in [0.25, 0.3) is 0 Å². The number of sulfonamides is 1. The summed E-state index contributed by atoms with van der Waals surface area (Å²) < 4.78 is 80.3. The Labute approximate surface area is 167 Å². The molecule has 1 heterocycles. The first-order chi connectivity index (χ1) is 13.6. The van der Waals surface area contributed by atoms with Gasteiger partial charge in [0, 0.05) is 32.7 Å². The first-order valence-electron chi connectivity index (χ1n) is 9.03. The molecule has 2 N–H and O–H groups in total. The first kappa shape index (κ1) is 23.2. The van der Waals surface area contributed by atoms with Crippen molar-refractivity contribution in [3.05, 3.63) is 29.6 Å². The van der Waals surface area contributed by atoms with Gasteiger partial charge in [0.15, 0.2) is 17.5 Å². The van der Waals surface area contributed by atoms with Gasteiger partial charge in [-0.15, -0.1) is 0 Å². The third kappa shape index (κ3) is 5.95. The number of halogens is 4. The SMILES string of the molecule is CCOc1ccc(CNC(=NC)NC2CCN(S(=O)(=O)C(F)(F)F)CC2)cc1F. The standard InChI is InChI=1S/C17H24F4N4O3S/c1-3-28-15-5-4-12(10-14(15)18)11-23-16(22-2)24-13-6-8-25(9-7-13)29(26,27)17(19,20)21/h4-5,10,13H,3,6-9,11H2,1-2H3,(H2,22,23,24). The maximum Gasteiger partial charge on any atom is 0.511 e. The van der Waals surface area contributed by atoms with Gasteiger partial charge < -0.3 is 15.4 Å². The van der Waals surface area contributed by atoms with Crippen LogP contribution in [-0.2, 0) is 16.6 Å². The molecule has 164 valence electrons. The summed E-state index contributed by atoms with van der Waals surface area (Å²) in [5, 5.41) is 6.05. The zero-order valence-electron chi connectivity index (χ0n) is 16.1. The van der Waals surface area contributed by atoms with Crippen molar-refractivity contribution in [1.29, 1.82) is 0 Å². The van der Waals surface area contributed by atoms with E-state index in [0.29, 0.717) is 22.4 Å². The van der Waals surface area contributed by atoms with Gasteiger partial charge in [0.05, 0.1) is 6.61 Å². The Morgan fingerprint density at radius 3 is 2.48 bits per heavy atom. The lowest BCUT2D eigenvalue weighted by Crippen LogP contribution is -2.51. The molecule has 0 aromatic heterocycles. The molecule has 0 amide bonds. The molecule has 1 saturated heterocycles. The number of hydrogen-bond acceptors (Lipinski definition) is 4. The number of rotatable bonds is 6. The van der Waals surface area contributed by atoms with Crippen molar-refractivity contribution in [3.8, 4) is 5.75 Å². The Balaban J connectivity index is 1.86. The Hall–Kier alpha value is -2.08. The van der Waals surface area contributed by atoms with Crippen LogP contribution < -0.4 is 15.4 Å². The fraction of sp³-hybridized carbons (Fsp3) is 0.588. The van der Waals surface area contributed by atoms with Crippen LogP contribution in [-0.4, -0.2) is 57.0 Å². The van der Waals surface area contributed by atoms with E-state index in [9.17, 15) is 26.0 Å². The van der Waals surface area contributed by atoms with Gasteiger partial charge in [0.1, 0.15) is 0 Å². The summed E-state index contributed by atoms with van der Waals surface area (Å²) in [6, 6.07) is 4.33. The molecular formula is C17H24F4N4O3S. The summed E-state index contributed by atoms with van der Waals surface area (Å²) in [5.41, 5.74) is -4.64. The van der Waals surface area contributed by atoms with Crippen LogP contribution >= 0.6 is 0 Å². The van der Waals surface area contributed by atoms with E-state index in [-0.39, 0.29) is 44.3 Å². The van der Waals surface area contributed by atoms with Crippen LogP contribution in [0.5, 0.6) is 5.75 Å². The molecule has 0 aliphatic carbocycles. The number of nitrogens with zero attached hydrogens (tertiary/aromatic N) is 2. The molecule has 2 rings (SSSR count). The molecule has 1 aliphatic heterocycles. The number of guanidine groups is 1. The van der Waals surface area contributed by atoms with Crippen LogP contribution in [0.3, 0.4) is 0 Å². The Morgan fingerprint density at radius 2 is 1.97 bits per heavy atom. The fourth-order valence-electron chi connectivity index (χ4n) is 2.89. The molecule has 0 atom stereocenters. The monoisotopic (exact) mass is 440 g/mol. The van der Waals surface area contributed by atoms with Crippen molar-refractivity contribution < 1.29 is 30.7 Å². The number of alkyl halides is 3. The number of ether oxygens (including phenoxy) is 1. The highest BCUT2D eigenvalue weighted by Gasteiger charge is 2.50. The topological polar surface area (TPSA) is 83.0 Å². The molecule has 12 heteroatoms. The molecule has 7 nitrogen and oxygen atoms in total. The van der Waals surface area contributed by atoms with Crippen molar-refractivity contribution in [2.45, 2.75) is 37.9 Å². The molecule has 29 heavy (non-hydrogen) atoms. The normalized spacial score (nSPS) is 17.2. The van der Waals surface area contributed by atoms with Crippen molar-refractivity contribution in [3.63, 3.8) is 0 Å². The summed E-state index contributed by atoms with van der Waals surface area (Å²) in [5.74, 6) is 0.0723. The molecule has 1 fully saturated rings. The third-order valence-electron chi connectivity index (χ3n) is 4.41. The zero-order valence-corrected chi connectivity index (χ0v) is 16.9. The zero-order chi connectivity index (χ0) is 21.7. The lowest BCUT2D eigenvalue weighted by atomic mass is 10.1.